The Morgan fingerprint density at radius 1 is 1.03 bits per heavy atom. The third kappa shape index (κ3) is 3.15. The molecule has 3 heteroatoms. The molecular formula is C26H31NO2. The number of ether oxygens (including phenoxy) is 1. The van der Waals surface area contributed by atoms with Crippen LogP contribution in [0.25, 0.3) is 0 Å². The van der Waals surface area contributed by atoms with Crippen LogP contribution in [0.5, 0.6) is 5.75 Å². The Labute approximate surface area is 174 Å². The number of nitrogens with zero attached hydrogens (tertiary/aromatic N) is 1. The molecular weight excluding hydrogens is 358 g/mol. The molecule has 0 aromatic heterocycles. The molecule has 1 amide bonds. The molecule has 4 bridgehead atoms. The van der Waals surface area contributed by atoms with Crippen LogP contribution in [0.15, 0.2) is 54.6 Å². The van der Waals surface area contributed by atoms with Gasteiger partial charge in [0.15, 0.2) is 0 Å². The highest BCUT2D eigenvalue weighted by molar-refractivity contribution is 5.83. The molecule has 0 N–H and O–H groups in total. The summed E-state index contributed by atoms with van der Waals surface area (Å²) in [5, 5.41) is 0. The lowest BCUT2D eigenvalue weighted by molar-refractivity contribution is -0.159. The normalized spacial score (nSPS) is 32.2. The van der Waals surface area contributed by atoms with Crippen LogP contribution in [0.1, 0.15) is 49.7 Å². The van der Waals surface area contributed by atoms with E-state index in [2.05, 4.69) is 36.4 Å². The topological polar surface area (TPSA) is 29.5 Å². The highest BCUT2D eigenvalue weighted by Crippen LogP contribution is 2.66. The lowest BCUT2D eigenvalue weighted by Gasteiger charge is -2.62. The molecule has 0 aliphatic heterocycles. The van der Waals surface area contributed by atoms with E-state index >= 15 is 0 Å². The Morgan fingerprint density at radius 3 is 2.45 bits per heavy atom. The zero-order valence-corrected chi connectivity index (χ0v) is 17.6. The smallest absolute Gasteiger partial charge is 0.228 e. The number of benzene rings is 2. The molecule has 2 aromatic carbocycles. The van der Waals surface area contributed by atoms with Crippen molar-refractivity contribution in [3.05, 3.63) is 65.7 Å². The van der Waals surface area contributed by atoms with Gasteiger partial charge in [-0.05, 0) is 79.0 Å². The van der Waals surface area contributed by atoms with Gasteiger partial charge in [-0.2, -0.15) is 0 Å². The van der Waals surface area contributed by atoms with Crippen LogP contribution in [0, 0.1) is 17.3 Å². The summed E-state index contributed by atoms with van der Waals surface area (Å²) in [7, 11) is 3.67. The molecule has 3 nitrogen and oxygen atoms in total. The van der Waals surface area contributed by atoms with Crippen molar-refractivity contribution in [1.29, 1.82) is 0 Å². The van der Waals surface area contributed by atoms with E-state index in [0.717, 1.165) is 30.6 Å². The van der Waals surface area contributed by atoms with Crippen LogP contribution in [0.3, 0.4) is 0 Å². The number of carbonyl (C=O) groups is 1. The first-order valence-corrected chi connectivity index (χ1v) is 11.0. The minimum absolute atomic E-state index is 0.173. The third-order valence-corrected chi connectivity index (χ3v) is 7.80. The number of methoxy groups -OCH3 is 1. The summed E-state index contributed by atoms with van der Waals surface area (Å²) < 4.78 is 5.36. The van der Waals surface area contributed by atoms with Gasteiger partial charge in [0.05, 0.1) is 12.5 Å². The lowest BCUT2D eigenvalue weighted by Crippen LogP contribution is -2.59. The summed E-state index contributed by atoms with van der Waals surface area (Å²) in [6.45, 7) is 0.644. The fraction of sp³-hybridized carbons (Fsp3) is 0.500. The summed E-state index contributed by atoms with van der Waals surface area (Å²) in [4.78, 5) is 15.8. The fourth-order valence-electron chi connectivity index (χ4n) is 7.16. The third-order valence-electron chi connectivity index (χ3n) is 7.80. The Balaban J connectivity index is 1.41. The first-order chi connectivity index (χ1) is 14.0. The van der Waals surface area contributed by atoms with E-state index in [0.29, 0.717) is 24.3 Å². The second-order valence-electron chi connectivity index (χ2n) is 9.90. The first-order valence-electron chi connectivity index (χ1n) is 11.0. The van der Waals surface area contributed by atoms with E-state index in [9.17, 15) is 4.79 Å². The molecule has 0 heterocycles. The van der Waals surface area contributed by atoms with Gasteiger partial charge < -0.3 is 9.64 Å². The molecule has 0 radical (unpaired) electrons. The molecule has 29 heavy (non-hydrogen) atoms. The maximum Gasteiger partial charge on any atom is 0.228 e. The van der Waals surface area contributed by atoms with Crippen molar-refractivity contribution in [3.63, 3.8) is 0 Å². The summed E-state index contributed by atoms with van der Waals surface area (Å²) in [6, 6.07) is 19.1. The van der Waals surface area contributed by atoms with E-state index in [1.54, 1.807) is 7.11 Å². The van der Waals surface area contributed by atoms with Crippen molar-refractivity contribution in [2.75, 3.05) is 14.2 Å². The largest absolute Gasteiger partial charge is 0.497 e. The van der Waals surface area contributed by atoms with Gasteiger partial charge in [-0.1, -0.05) is 42.5 Å². The van der Waals surface area contributed by atoms with Crippen molar-refractivity contribution >= 4 is 5.91 Å². The van der Waals surface area contributed by atoms with E-state index in [1.165, 1.54) is 24.8 Å². The Kier molecular flexibility index (Phi) is 4.45. The van der Waals surface area contributed by atoms with Crippen LogP contribution < -0.4 is 4.74 Å². The fourth-order valence-corrected chi connectivity index (χ4v) is 7.16. The molecule has 2 atom stereocenters. The zero-order chi connectivity index (χ0) is 20.1. The van der Waals surface area contributed by atoms with Crippen molar-refractivity contribution in [2.45, 2.75) is 50.5 Å². The highest BCUT2D eigenvalue weighted by atomic mass is 16.5. The van der Waals surface area contributed by atoms with E-state index < -0.39 is 0 Å². The molecule has 0 saturated heterocycles. The molecule has 0 unspecified atom stereocenters. The predicted octanol–water partition coefficient (Wildman–Crippen LogP) is 5.19. The monoisotopic (exact) mass is 389 g/mol. The van der Waals surface area contributed by atoms with Crippen molar-refractivity contribution in [2.24, 2.45) is 17.3 Å². The number of amides is 1. The lowest BCUT2D eigenvalue weighted by atomic mass is 9.42. The van der Waals surface area contributed by atoms with E-state index in [1.807, 2.05) is 30.1 Å². The van der Waals surface area contributed by atoms with Crippen molar-refractivity contribution in [3.8, 4) is 5.75 Å². The number of carbonyl (C=O) groups excluding carboxylic acids is 1. The van der Waals surface area contributed by atoms with Crippen LogP contribution in [-0.2, 0) is 16.8 Å². The van der Waals surface area contributed by atoms with Crippen molar-refractivity contribution in [1.82, 2.24) is 4.90 Å². The molecule has 2 aromatic rings. The summed E-state index contributed by atoms with van der Waals surface area (Å²) in [6.07, 6.45) is 7.05. The Bertz CT molecular complexity index is 892. The van der Waals surface area contributed by atoms with Gasteiger partial charge in [0, 0.05) is 13.6 Å². The van der Waals surface area contributed by atoms with Gasteiger partial charge in [0.1, 0.15) is 5.75 Å². The summed E-state index contributed by atoms with van der Waals surface area (Å²) in [5.41, 5.74) is 2.62. The molecule has 4 aliphatic carbocycles. The maximum absolute atomic E-state index is 13.8. The van der Waals surface area contributed by atoms with Gasteiger partial charge in [0.25, 0.3) is 0 Å². The number of rotatable bonds is 5. The predicted molar refractivity (Wildman–Crippen MR) is 115 cm³/mol. The van der Waals surface area contributed by atoms with Gasteiger partial charge in [-0.3, -0.25) is 4.79 Å². The first kappa shape index (κ1) is 18.7. The summed E-state index contributed by atoms with van der Waals surface area (Å²) in [5.74, 6) is 2.60. The van der Waals surface area contributed by atoms with Crippen LogP contribution >= 0.6 is 0 Å². The Morgan fingerprint density at radius 2 is 1.76 bits per heavy atom. The molecule has 4 saturated carbocycles. The molecule has 4 fully saturated rings. The molecule has 4 aliphatic rings. The van der Waals surface area contributed by atoms with Gasteiger partial charge in [-0.25, -0.2) is 0 Å². The maximum atomic E-state index is 13.8. The van der Waals surface area contributed by atoms with Gasteiger partial charge >= 0.3 is 0 Å². The minimum Gasteiger partial charge on any atom is -0.497 e. The average Bonchev–Trinajstić information content (AvgIpc) is 2.73. The molecule has 6 rings (SSSR count). The van der Waals surface area contributed by atoms with Crippen LogP contribution in [-0.4, -0.2) is 25.0 Å². The average molecular weight is 390 g/mol. The zero-order valence-electron chi connectivity index (χ0n) is 17.6. The van der Waals surface area contributed by atoms with E-state index in [4.69, 9.17) is 4.74 Å². The molecule has 152 valence electrons. The van der Waals surface area contributed by atoms with Crippen LogP contribution in [0.4, 0.5) is 0 Å². The SMILES string of the molecule is COc1cccc(CN(C)C(=O)C23C[C@H]4C[C@H](C2)CC(c2ccccc2)(C4)C3)c1. The quantitative estimate of drug-likeness (QED) is 0.704. The summed E-state index contributed by atoms with van der Waals surface area (Å²) >= 11 is 0. The molecule has 0 spiro atoms. The standard InChI is InChI=1S/C26H31NO2/c1-27(17-19-7-6-10-23(12-19)29-2)24(28)26-15-20-11-21(16-26)14-25(13-20,18-26)22-8-4-3-5-9-22/h3-10,12,20-21H,11,13-18H2,1-2H3/t20-,21-,25?,26?/m0/s1. The second-order valence-corrected chi connectivity index (χ2v) is 9.90. The number of hydrogen-bond donors (Lipinski definition) is 0. The highest BCUT2D eigenvalue weighted by Gasteiger charge is 2.61. The van der Waals surface area contributed by atoms with Gasteiger partial charge in [0.2, 0.25) is 5.91 Å². The number of hydrogen-bond acceptors (Lipinski definition) is 2. The van der Waals surface area contributed by atoms with Gasteiger partial charge in [-0.15, -0.1) is 0 Å². The second kappa shape index (κ2) is 6.90. The van der Waals surface area contributed by atoms with E-state index in [-0.39, 0.29) is 10.8 Å². The minimum atomic E-state index is -0.173. The Hall–Kier alpha value is -2.29. The van der Waals surface area contributed by atoms with Crippen molar-refractivity contribution < 1.29 is 9.53 Å². The van der Waals surface area contributed by atoms with Crippen LogP contribution in [0.2, 0.25) is 0 Å².